The number of alkyl halides is 3. The molecular formula is C27H36F3N7O2. The third kappa shape index (κ3) is 6.27. The normalized spacial score (nSPS) is 17.7. The van der Waals surface area contributed by atoms with Gasteiger partial charge in [-0.25, -0.2) is 9.50 Å². The molecule has 4 heterocycles. The molecule has 1 atom stereocenters. The maximum Gasteiger partial charge on any atom is 0.416 e. The number of morpholine rings is 1. The quantitative estimate of drug-likeness (QED) is 0.434. The molecule has 2 aliphatic rings. The van der Waals surface area contributed by atoms with Crippen molar-refractivity contribution in [2.24, 2.45) is 0 Å². The predicted octanol–water partition coefficient (Wildman–Crippen LogP) is 3.46. The maximum absolute atomic E-state index is 13.6. The van der Waals surface area contributed by atoms with Gasteiger partial charge in [-0.15, -0.1) is 5.10 Å². The Morgan fingerprint density at radius 2 is 2.00 bits per heavy atom. The number of carbonyl (C=O) groups is 1. The smallest absolute Gasteiger partial charge is 0.396 e. The van der Waals surface area contributed by atoms with E-state index in [4.69, 9.17) is 15.6 Å². The zero-order chi connectivity index (χ0) is 28.2. The minimum Gasteiger partial charge on any atom is -0.396 e. The Hall–Kier alpha value is -3.38. The van der Waals surface area contributed by atoms with Crippen LogP contribution in [0.25, 0.3) is 5.65 Å². The zero-order valence-electron chi connectivity index (χ0n) is 22.6. The van der Waals surface area contributed by atoms with E-state index in [0.29, 0.717) is 60.4 Å². The Morgan fingerprint density at radius 1 is 1.26 bits per heavy atom. The number of halogens is 3. The number of carbonyl (C=O) groups excluding carboxylic acids is 1. The van der Waals surface area contributed by atoms with Crippen LogP contribution in [0.15, 0.2) is 24.3 Å². The van der Waals surface area contributed by atoms with Crippen molar-refractivity contribution in [3.05, 3.63) is 52.3 Å². The highest BCUT2D eigenvalue weighted by molar-refractivity contribution is 5.82. The molecule has 1 aromatic carbocycles. The van der Waals surface area contributed by atoms with Crippen LogP contribution in [0, 0.1) is 6.92 Å². The summed E-state index contributed by atoms with van der Waals surface area (Å²) in [5, 5.41) is 10.9. The molecule has 212 valence electrons. The molecule has 1 unspecified atom stereocenters. The zero-order valence-corrected chi connectivity index (χ0v) is 22.6. The first-order chi connectivity index (χ1) is 18.7. The van der Waals surface area contributed by atoms with Crippen molar-refractivity contribution in [1.29, 1.82) is 0 Å². The Labute approximate surface area is 225 Å². The van der Waals surface area contributed by atoms with Crippen molar-refractivity contribution < 1.29 is 22.7 Å². The second-order valence-electron chi connectivity index (χ2n) is 9.43. The van der Waals surface area contributed by atoms with Crippen molar-refractivity contribution in [3.8, 4) is 0 Å². The van der Waals surface area contributed by atoms with Crippen LogP contribution in [-0.4, -0.2) is 59.4 Å². The van der Waals surface area contributed by atoms with Crippen molar-refractivity contribution in [2.45, 2.75) is 58.8 Å². The molecule has 2 aromatic heterocycles. The second-order valence-corrected chi connectivity index (χ2v) is 9.43. The first kappa shape index (κ1) is 28.6. The number of ether oxygens (including phenoxy) is 1. The topological polar surface area (TPSA) is 110 Å². The van der Waals surface area contributed by atoms with Gasteiger partial charge in [0.05, 0.1) is 48.4 Å². The van der Waals surface area contributed by atoms with Crippen molar-refractivity contribution >= 4 is 23.1 Å². The lowest BCUT2D eigenvalue weighted by Gasteiger charge is -2.27. The van der Waals surface area contributed by atoms with Gasteiger partial charge in [-0.2, -0.15) is 13.2 Å². The van der Waals surface area contributed by atoms with E-state index in [0.717, 1.165) is 25.5 Å². The highest BCUT2D eigenvalue weighted by atomic mass is 19.4. The lowest BCUT2D eigenvalue weighted by molar-refractivity contribution is -0.138. The Morgan fingerprint density at radius 3 is 2.67 bits per heavy atom. The highest BCUT2D eigenvalue weighted by Gasteiger charge is 2.33. The molecule has 2 aliphatic heterocycles. The molecule has 2 fully saturated rings. The van der Waals surface area contributed by atoms with Crippen LogP contribution in [0.1, 0.15) is 54.8 Å². The van der Waals surface area contributed by atoms with E-state index in [1.807, 2.05) is 18.7 Å². The molecule has 3 aromatic rings. The average Bonchev–Trinajstić information content (AvgIpc) is 3.59. The second kappa shape index (κ2) is 12.2. The Balaban J connectivity index is 0.00000172. The minimum absolute atomic E-state index is 0.111. The molecule has 0 saturated carbocycles. The molecule has 0 radical (unpaired) electrons. The largest absolute Gasteiger partial charge is 0.416 e. The summed E-state index contributed by atoms with van der Waals surface area (Å²) in [5.41, 5.74) is 8.24. The molecule has 0 bridgehead atoms. The van der Waals surface area contributed by atoms with Crippen molar-refractivity contribution in [2.75, 3.05) is 43.5 Å². The number of amides is 1. The SMILES string of the molecule is CC.Cc1c(Cc2c(CNC(=O)C3CCCN3)nc3c(N)cc(N4CCOCC4)nn23)cccc1C(F)(F)F. The number of nitrogen functional groups attached to an aromatic ring is 1. The van der Waals surface area contributed by atoms with Crippen molar-refractivity contribution in [3.63, 3.8) is 0 Å². The van der Waals surface area contributed by atoms with E-state index >= 15 is 0 Å². The molecule has 0 aliphatic carbocycles. The number of nitrogens with zero attached hydrogens (tertiary/aromatic N) is 4. The number of hydrogen-bond donors (Lipinski definition) is 3. The van der Waals surface area contributed by atoms with Gasteiger partial charge in [0, 0.05) is 25.6 Å². The summed E-state index contributed by atoms with van der Waals surface area (Å²) in [6.07, 6.45) is -2.64. The average molecular weight is 548 g/mol. The molecular weight excluding hydrogens is 511 g/mol. The lowest BCUT2D eigenvalue weighted by atomic mass is 9.98. The van der Waals surface area contributed by atoms with Gasteiger partial charge in [0.25, 0.3) is 0 Å². The summed E-state index contributed by atoms with van der Waals surface area (Å²) in [6, 6.07) is 5.64. The Kier molecular flexibility index (Phi) is 8.96. The highest BCUT2D eigenvalue weighted by Crippen LogP contribution is 2.34. The molecule has 12 heteroatoms. The van der Waals surface area contributed by atoms with Crippen LogP contribution >= 0.6 is 0 Å². The number of hydrogen-bond acceptors (Lipinski definition) is 7. The standard InChI is InChI=1S/C25H30F3N7O2.C2H6/c1-15-16(4-2-5-17(15)25(26,27)28)12-21-20(14-31-24(36)19-6-3-7-30-19)32-23-18(29)13-22(33-35(21)23)34-8-10-37-11-9-34;1-2/h2,4-5,13,19,30H,3,6-12,14,29H2,1H3,(H,31,36);1-2H3. The van der Waals surface area contributed by atoms with Crippen LogP contribution < -0.4 is 21.3 Å². The number of benzene rings is 1. The molecule has 2 saturated heterocycles. The van der Waals surface area contributed by atoms with E-state index in [1.165, 1.54) is 13.0 Å². The van der Waals surface area contributed by atoms with Gasteiger partial charge in [0.15, 0.2) is 11.5 Å². The van der Waals surface area contributed by atoms with Gasteiger partial charge in [-0.1, -0.05) is 26.0 Å². The van der Waals surface area contributed by atoms with Gasteiger partial charge < -0.3 is 26.0 Å². The predicted molar refractivity (Wildman–Crippen MR) is 144 cm³/mol. The first-order valence-electron chi connectivity index (χ1n) is 13.4. The fraction of sp³-hybridized carbons (Fsp3) is 0.519. The van der Waals surface area contributed by atoms with Crippen LogP contribution in [-0.2, 0) is 28.7 Å². The third-order valence-electron chi connectivity index (χ3n) is 7.03. The fourth-order valence-electron chi connectivity index (χ4n) is 4.95. The van der Waals surface area contributed by atoms with Gasteiger partial charge in [-0.05, 0) is 43.5 Å². The van der Waals surface area contributed by atoms with E-state index in [2.05, 4.69) is 15.6 Å². The number of nitrogens with one attached hydrogen (secondary N) is 2. The van der Waals surface area contributed by atoms with E-state index < -0.39 is 11.7 Å². The summed E-state index contributed by atoms with van der Waals surface area (Å²) in [5.74, 6) is 0.504. The monoisotopic (exact) mass is 547 g/mol. The first-order valence-corrected chi connectivity index (χ1v) is 13.4. The number of aromatic nitrogens is 3. The number of imidazole rings is 1. The number of fused-ring (bicyclic) bond motifs is 1. The summed E-state index contributed by atoms with van der Waals surface area (Å²) < 4.78 is 47.8. The van der Waals surface area contributed by atoms with Gasteiger partial charge >= 0.3 is 6.18 Å². The van der Waals surface area contributed by atoms with E-state index in [1.54, 1.807) is 16.6 Å². The molecule has 4 N–H and O–H groups in total. The summed E-state index contributed by atoms with van der Waals surface area (Å²) >= 11 is 0. The van der Waals surface area contributed by atoms with E-state index in [9.17, 15) is 18.0 Å². The third-order valence-corrected chi connectivity index (χ3v) is 7.03. The Bertz CT molecular complexity index is 1300. The summed E-state index contributed by atoms with van der Waals surface area (Å²) in [6.45, 7) is 8.78. The molecule has 1 amide bonds. The van der Waals surface area contributed by atoms with Gasteiger partial charge in [-0.3, -0.25) is 4.79 Å². The van der Waals surface area contributed by atoms with Crippen molar-refractivity contribution in [1.82, 2.24) is 25.2 Å². The number of nitrogens with two attached hydrogens (primary N) is 1. The molecule has 0 spiro atoms. The lowest BCUT2D eigenvalue weighted by Crippen LogP contribution is -2.40. The maximum atomic E-state index is 13.6. The number of rotatable bonds is 6. The van der Waals surface area contributed by atoms with E-state index in [-0.39, 0.29) is 30.5 Å². The summed E-state index contributed by atoms with van der Waals surface area (Å²) in [7, 11) is 0. The fourth-order valence-corrected chi connectivity index (χ4v) is 4.95. The van der Waals surface area contributed by atoms with Gasteiger partial charge in [0.1, 0.15) is 0 Å². The molecule has 5 rings (SSSR count). The van der Waals surface area contributed by atoms with Crippen LogP contribution in [0.2, 0.25) is 0 Å². The molecule has 9 nitrogen and oxygen atoms in total. The van der Waals surface area contributed by atoms with Crippen LogP contribution in [0.4, 0.5) is 24.7 Å². The summed E-state index contributed by atoms with van der Waals surface area (Å²) in [4.78, 5) is 19.4. The number of anilines is 2. The van der Waals surface area contributed by atoms with Gasteiger partial charge in [0.2, 0.25) is 5.91 Å². The minimum atomic E-state index is -4.46. The molecule has 39 heavy (non-hydrogen) atoms. The van der Waals surface area contributed by atoms with Crippen LogP contribution in [0.5, 0.6) is 0 Å². The van der Waals surface area contributed by atoms with Crippen LogP contribution in [0.3, 0.4) is 0 Å².